The summed E-state index contributed by atoms with van der Waals surface area (Å²) in [6, 6.07) is 26.9. The number of ether oxygens (including phenoxy) is 2. The molecule has 0 aliphatic heterocycles. The van der Waals surface area contributed by atoms with Crippen LogP contribution in [0.4, 0.5) is 34.1 Å². The minimum Gasteiger partial charge on any atom is -0.494 e. The van der Waals surface area contributed by atoms with Crippen LogP contribution < -0.4 is 31.6 Å². The fourth-order valence-corrected chi connectivity index (χ4v) is 4.55. The van der Waals surface area contributed by atoms with Gasteiger partial charge in [0.2, 0.25) is 0 Å². The Morgan fingerprint density at radius 1 is 0.650 bits per heavy atom. The Hall–Kier alpha value is -4.65. The molecule has 0 fully saturated rings. The van der Waals surface area contributed by atoms with Crippen LogP contribution in [-0.4, -0.2) is 19.0 Å². The van der Waals surface area contributed by atoms with Gasteiger partial charge in [0.05, 0.1) is 36.0 Å². The molecule has 2 unspecified atom stereocenters. The third-order valence-electron chi connectivity index (χ3n) is 6.89. The first-order chi connectivity index (χ1) is 19.3. The van der Waals surface area contributed by atoms with Crippen molar-refractivity contribution in [1.29, 1.82) is 0 Å². The van der Waals surface area contributed by atoms with E-state index >= 15 is 0 Å². The summed E-state index contributed by atoms with van der Waals surface area (Å²) in [6.07, 6.45) is 0. The highest BCUT2D eigenvalue weighted by atomic mass is 16.5. The molecule has 6 N–H and O–H groups in total. The molecule has 7 nitrogen and oxygen atoms in total. The zero-order valence-electron chi connectivity index (χ0n) is 23.5. The molecule has 0 bridgehead atoms. The molecule has 4 aromatic rings. The normalized spacial score (nSPS) is 12.3. The standard InChI is InChI=1S/C33H38N4O3/c1-5-39-27-13-9-25(10-14-27)36-31-17-7-23(19-29(31)34)21(3)33(38)22(4)24-8-18-32(30(35)20-24)37-26-11-15-28(16-12-26)40-6-2/h7-22,36-37H,5-6,34-35H2,1-4H3. The van der Waals surface area contributed by atoms with Crippen LogP contribution in [0.5, 0.6) is 11.5 Å². The van der Waals surface area contributed by atoms with Crippen molar-refractivity contribution in [3.05, 3.63) is 96.1 Å². The van der Waals surface area contributed by atoms with Gasteiger partial charge >= 0.3 is 0 Å². The molecule has 4 rings (SSSR count). The topological polar surface area (TPSA) is 112 Å². The number of hydrogen-bond acceptors (Lipinski definition) is 7. The highest BCUT2D eigenvalue weighted by Crippen LogP contribution is 2.33. The summed E-state index contributed by atoms with van der Waals surface area (Å²) in [5.41, 5.74) is 19.0. The van der Waals surface area contributed by atoms with E-state index in [0.717, 1.165) is 45.4 Å². The van der Waals surface area contributed by atoms with Crippen molar-refractivity contribution in [2.24, 2.45) is 0 Å². The molecule has 0 heterocycles. The molecular weight excluding hydrogens is 500 g/mol. The molecule has 0 aliphatic carbocycles. The van der Waals surface area contributed by atoms with Crippen LogP contribution in [0.25, 0.3) is 0 Å². The van der Waals surface area contributed by atoms with Gasteiger partial charge in [-0.1, -0.05) is 26.0 Å². The monoisotopic (exact) mass is 538 g/mol. The van der Waals surface area contributed by atoms with Gasteiger partial charge in [-0.3, -0.25) is 4.79 Å². The van der Waals surface area contributed by atoms with Crippen molar-refractivity contribution in [2.75, 3.05) is 35.3 Å². The number of nitrogens with two attached hydrogens (primary N) is 2. The lowest BCUT2D eigenvalue weighted by Crippen LogP contribution is -2.17. The third-order valence-corrected chi connectivity index (χ3v) is 6.89. The second-order valence-electron chi connectivity index (χ2n) is 9.70. The zero-order chi connectivity index (χ0) is 28.6. The lowest BCUT2D eigenvalue weighted by Gasteiger charge is -2.20. The molecule has 0 aliphatic rings. The summed E-state index contributed by atoms with van der Waals surface area (Å²) in [5.74, 6) is 1.06. The van der Waals surface area contributed by atoms with Gasteiger partial charge in [0.25, 0.3) is 0 Å². The van der Waals surface area contributed by atoms with Gasteiger partial charge < -0.3 is 31.6 Å². The van der Waals surface area contributed by atoms with Gasteiger partial charge in [-0.25, -0.2) is 0 Å². The van der Waals surface area contributed by atoms with Crippen molar-refractivity contribution in [2.45, 2.75) is 39.5 Å². The average Bonchev–Trinajstić information content (AvgIpc) is 2.96. The molecule has 40 heavy (non-hydrogen) atoms. The van der Waals surface area contributed by atoms with Crippen molar-refractivity contribution >= 4 is 39.9 Å². The van der Waals surface area contributed by atoms with Crippen molar-refractivity contribution in [3.63, 3.8) is 0 Å². The summed E-state index contributed by atoms with van der Waals surface area (Å²) in [6.45, 7) is 8.98. The number of rotatable bonds is 12. The Kier molecular flexibility index (Phi) is 9.17. The summed E-state index contributed by atoms with van der Waals surface area (Å²) in [5, 5.41) is 6.66. The maximum atomic E-state index is 13.5. The van der Waals surface area contributed by atoms with Crippen molar-refractivity contribution < 1.29 is 14.3 Å². The smallest absolute Gasteiger partial charge is 0.147 e. The van der Waals surface area contributed by atoms with Crippen LogP contribution in [0.15, 0.2) is 84.9 Å². The Balaban J connectivity index is 1.41. The number of nitrogens with one attached hydrogen (secondary N) is 2. The molecule has 4 aromatic carbocycles. The molecule has 7 heteroatoms. The van der Waals surface area contributed by atoms with E-state index in [-0.39, 0.29) is 17.6 Å². The summed E-state index contributed by atoms with van der Waals surface area (Å²) in [4.78, 5) is 13.5. The van der Waals surface area contributed by atoms with E-state index in [1.807, 2.05) is 113 Å². The van der Waals surface area contributed by atoms with Crippen molar-refractivity contribution in [1.82, 2.24) is 0 Å². The van der Waals surface area contributed by atoms with Crippen LogP contribution in [0.3, 0.4) is 0 Å². The first-order valence-corrected chi connectivity index (χ1v) is 13.6. The molecular formula is C33H38N4O3. The largest absolute Gasteiger partial charge is 0.494 e. The van der Waals surface area contributed by atoms with Crippen LogP contribution in [0.2, 0.25) is 0 Å². The van der Waals surface area contributed by atoms with Crippen LogP contribution >= 0.6 is 0 Å². The number of hydrogen-bond donors (Lipinski definition) is 4. The number of carbonyl (C=O) groups is 1. The van der Waals surface area contributed by atoms with E-state index in [1.54, 1.807) is 0 Å². The average molecular weight is 539 g/mol. The van der Waals surface area contributed by atoms with Gasteiger partial charge in [0, 0.05) is 23.2 Å². The summed E-state index contributed by atoms with van der Waals surface area (Å²) >= 11 is 0. The summed E-state index contributed by atoms with van der Waals surface area (Å²) in [7, 11) is 0. The predicted molar refractivity (Wildman–Crippen MR) is 165 cm³/mol. The van der Waals surface area contributed by atoms with Crippen LogP contribution in [-0.2, 0) is 4.79 Å². The van der Waals surface area contributed by atoms with Gasteiger partial charge in [-0.15, -0.1) is 0 Å². The van der Waals surface area contributed by atoms with E-state index in [0.29, 0.717) is 24.6 Å². The number of ketones is 1. The maximum absolute atomic E-state index is 13.5. The minimum atomic E-state index is -0.334. The van der Waals surface area contributed by atoms with Crippen LogP contribution in [0.1, 0.15) is 50.7 Å². The first-order valence-electron chi connectivity index (χ1n) is 13.6. The van der Waals surface area contributed by atoms with Gasteiger partial charge in [0.1, 0.15) is 17.3 Å². The number of benzene rings is 4. The predicted octanol–water partition coefficient (Wildman–Crippen LogP) is 7.61. The quantitative estimate of drug-likeness (QED) is 0.137. The molecule has 0 radical (unpaired) electrons. The van der Waals surface area contributed by atoms with Gasteiger partial charge in [-0.2, -0.15) is 0 Å². The third kappa shape index (κ3) is 6.86. The molecule has 208 valence electrons. The van der Waals surface area contributed by atoms with Gasteiger partial charge in [-0.05, 0) is 97.8 Å². The minimum absolute atomic E-state index is 0.0956. The van der Waals surface area contributed by atoms with E-state index in [9.17, 15) is 4.79 Å². The molecule has 0 spiro atoms. The lowest BCUT2D eigenvalue weighted by atomic mass is 9.85. The molecule has 0 aromatic heterocycles. The van der Waals surface area contributed by atoms with E-state index in [1.165, 1.54) is 0 Å². The highest BCUT2D eigenvalue weighted by molar-refractivity contribution is 5.92. The lowest BCUT2D eigenvalue weighted by molar-refractivity contribution is -0.121. The van der Waals surface area contributed by atoms with Gasteiger partial charge in [0.15, 0.2) is 0 Å². The zero-order valence-corrected chi connectivity index (χ0v) is 23.5. The molecule has 0 saturated heterocycles. The van der Waals surface area contributed by atoms with E-state index < -0.39 is 0 Å². The Morgan fingerprint density at radius 2 is 1.02 bits per heavy atom. The van der Waals surface area contributed by atoms with E-state index in [4.69, 9.17) is 20.9 Å². The first kappa shape index (κ1) is 28.4. The van der Waals surface area contributed by atoms with E-state index in [2.05, 4.69) is 10.6 Å². The number of Topliss-reactive ketones (excluding diaryl/α,β-unsaturated/α-hetero) is 1. The molecule has 0 saturated carbocycles. The fraction of sp³-hybridized carbons (Fsp3) is 0.242. The highest BCUT2D eigenvalue weighted by Gasteiger charge is 2.24. The number of nitrogen functional groups attached to an aromatic ring is 2. The summed E-state index contributed by atoms with van der Waals surface area (Å²) < 4.78 is 11.0. The number of anilines is 6. The molecule has 2 atom stereocenters. The van der Waals surface area contributed by atoms with Crippen molar-refractivity contribution in [3.8, 4) is 11.5 Å². The molecule has 0 amide bonds. The maximum Gasteiger partial charge on any atom is 0.147 e. The second kappa shape index (κ2) is 12.9. The number of carbonyl (C=O) groups excluding carboxylic acids is 1. The fourth-order valence-electron chi connectivity index (χ4n) is 4.55. The van der Waals surface area contributed by atoms with Crippen LogP contribution in [0, 0.1) is 0 Å². The Morgan fingerprint density at radius 3 is 1.35 bits per heavy atom. The Bertz CT molecular complexity index is 1330. The second-order valence-corrected chi connectivity index (χ2v) is 9.70. The SMILES string of the molecule is CCOc1ccc(Nc2ccc(C(C)C(=O)C(C)c3ccc(Nc4ccc(OCC)cc4)c(N)c3)cc2N)cc1. The Labute approximate surface area is 236 Å².